The molecule has 2 spiro atoms. The van der Waals surface area contributed by atoms with Crippen molar-refractivity contribution in [3.8, 4) is 0 Å². The number of rotatable bonds is 1. The fourth-order valence-corrected chi connectivity index (χ4v) is 6.10. The molecule has 28 heavy (non-hydrogen) atoms. The molecule has 2 fully saturated rings. The maximum Gasteiger partial charge on any atom is 0.0166 e. The smallest absolute Gasteiger partial charge is 0.0166 e. The molecule has 0 saturated carbocycles. The Balaban J connectivity index is 1.14. The summed E-state index contributed by atoms with van der Waals surface area (Å²) in [5.74, 6) is 0. The monoisotopic (exact) mass is 368 g/mol. The molecule has 0 atom stereocenters. The van der Waals surface area contributed by atoms with Gasteiger partial charge in [-0.15, -0.1) is 0 Å². The lowest BCUT2D eigenvalue weighted by Crippen LogP contribution is -2.54. The van der Waals surface area contributed by atoms with E-state index in [-0.39, 0.29) is 10.8 Å². The van der Waals surface area contributed by atoms with Crippen LogP contribution in [-0.4, -0.2) is 36.2 Å². The molecular weight excluding hydrogens is 340 g/mol. The number of fused-ring (bicyclic) bond motifs is 4. The lowest BCUT2D eigenvalue weighted by Gasteiger charge is -2.48. The summed E-state index contributed by atoms with van der Waals surface area (Å²) in [4.78, 5) is 0. The molecular formula is C26H28N2. The number of hydrogen-bond acceptors (Lipinski definition) is 2. The first-order valence-corrected chi connectivity index (χ1v) is 10.9. The minimum Gasteiger partial charge on any atom is -0.242 e. The second-order valence-electron chi connectivity index (χ2n) is 9.06. The first-order valence-electron chi connectivity index (χ1n) is 10.9. The predicted octanol–water partition coefficient (Wildman–Crippen LogP) is 5.02. The van der Waals surface area contributed by atoms with E-state index in [9.17, 15) is 0 Å². The van der Waals surface area contributed by atoms with E-state index in [1.54, 1.807) is 11.1 Å². The van der Waals surface area contributed by atoms with Crippen molar-refractivity contribution in [3.05, 3.63) is 82.9 Å². The summed E-state index contributed by atoms with van der Waals surface area (Å²) in [7, 11) is 0. The lowest BCUT2D eigenvalue weighted by atomic mass is 9.74. The molecule has 0 unspecified atom stereocenters. The van der Waals surface area contributed by atoms with Crippen molar-refractivity contribution in [2.24, 2.45) is 0 Å². The normalized spacial score (nSPS) is 24.7. The topological polar surface area (TPSA) is 6.48 Å². The zero-order valence-electron chi connectivity index (χ0n) is 16.5. The van der Waals surface area contributed by atoms with Crippen LogP contribution in [0.3, 0.4) is 0 Å². The summed E-state index contributed by atoms with van der Waals surface area (Å²) in [6.45, 7) is 4.71. The van der Waals surface area contributed by atoms with Crippen LogP contribution < -0.4 is 0 Å². The van der Waals surface area contributed by atoms with Crippen molar-refractivity contribution < 1.29 is 0 Å². The highest BCUT2D eigenvalue weighted by Gasteiger charge is 2.42. The fraction of sp³-hybridized carbons (Fsp3) is 0.385. The van der Waals surface area contributed by atoms with E-state index in [1.807, 2.05) is 0 Å². The molecule has 2 aromatic rings. The van der Waals surface area contributed by atoms with Crippen LogP contribution in [0.25, 0.3) is 12.2 Å². The summed E-state index contributed by atoms with van der Waals surface area (Å²) in [5, 5.41) is 5.30. The molecule has 2 aliphatic heterocycles. The van der Waals surface area contributed by atoms with E-state index < -0.39 is 0 Å². The predicted molar refractivity (Wildman–Crippen MR) is 116 cm³/mol. The summed E-state index contributed by atoms with van der Waals surface area (Å²) in [6.07, 6.45) is 14.6. The number of piperidine rings is 2. The Kier molecular flexibility index (Phi) is 3.69. The highest BCUT2D eigenvalue weighted by Crippen LogP contribution is 2.46. The third-order valence-corrected chi connectivity index (χ3v) is 7.82. The van der Waals surface area contributed by atoms with E-state index >= 15 is 0 Å². The molecule has 2 aromatic carbocycles. The third-order valence-electron chi connectivity index (χ3n) is 7.82. The van der Waals surface area contributed by atoms with E-state index in [1.165, 1.54) is 63.0 Å². The number of nitrogens with zero attached hydrogens (tertiary/aromatic N) is 2. The average molecular weight is 369 g/mol. The minimum absolute atomic E-state index is 0.289. The molecule has 2 heteroatoms. The van der Waals surface area contributed by atoms with Gasteiger partial charge in [-0.2, -0.15) is 0 Å². The Labute approximate surface area is 168 Å². The summed E-state index contributed by atoms with van der Waals surface area (Å²) < 4.78 is 0. The Morgan fingerprint density at radius 2 is 0.929 bits per heavy atom. The molecule has 0 amide bonds. The van der Waals surface area contributed by atoms with E-state index in [2.05, 4.69) is 82.9 Å². The van der Waals surface area contributed by atoms with Crippen LogP contribution in [0.1, 0.15) is 47.9 Å². The van der Waals surface area contributed by atoms with Gasteiger partial charge in [-0.1, -0.05) is 72.8 Å². The SMILES string of the molecule is C1=CC2(CCN(N3CCC4(C=Cc5ccccc54)CC3)CC2)c2ccccc21. The largest absolute Gasteiger partial charge is 0.242 e. The van der Waals surface area contributed by atoms with Crippen LogP contribution in [0.2, 0.25) is 0 Å². The Morgan fingerprint density at radius 3 is 1.36 bits per heavy atom. The molecule has 0 N–H and O–H groups in total. The van der Waals surface area contributed by atoms with E-state index in [0.29, 0.717) is 0 Å². The van der Waals surface area contributed by atoms with Crippen LogP contribution in [-0.2, 0) is 10.8 Å². The van der Waals surface area contributed by atoms with Crippen molar-refractivity contribution in [2.75, 3.05) is 26.2 Å². The van der Waals surface area contributed by atoms with Crippen molar-refractivity contribution in [2.45, 2.75) is 36.5 Å². The fourth-order valence-electron chi connectivity index (χ4n) is 6.10. The van der Waals surface area contributed by atoms with Gasteiger partial charge >= 0.3 is 0 Å². The Morgan fingerprint density at radius 1 is 0.536 bits per heavy atom. The number of allylic oxidation sites excluding steroid dienone is 2. The van der Waals surface area contributed by atoms with Crippen molar-refractivity contribution in [3.63, 3.8) is 0 Å². The van der Waals surface area contributed by atoms with Gasteiger partial charge in [0, 0.05) is 37.0 Å². The van der Waals surface area contributed by atoms with Gasteiger partial charge in [-0.05, 0) is 47.9 Å². The maximum absolute atomic E-state index is 2.65. The average Bonchev–Trinajstić information content (AvgIpc) is 3.30. The molecule has 2 saturated heterocycles. The van der Waals surface area contributed by atoms with Gasteiger partial charge in [-0.25, -0.2) is 10.0 Å². The van der Waals surface area contributed by atoms with Crippen molar-refractivity contribution in [1.82, 2.24) is 10.0 Å². The third kappa shape index (κ3) is 2.41. The van der Waals surface area contributed by atoms with Gasteiger partial charge < -0.3 is 0 Å². The molecule has 2 aliphatic carbocycles. The molecule has 2 heterocycles. The van der Waals surface area contributed by atoms with Crippen LogP contribution in [0.5, 0.6) is 0 Å². The highest BCUT2D eigenvalue weighted by molar-refractivity contribution is 5.66. The van der Waals surface area contributed by atoms with Crippen molar-refractivity contribution in [1.29, 1.82) is 0 Å². The number of hydrazine groups is 1. The van der Waals surface area contributed by atoms with Gasteiger partial charge in [-0.3, -0.25) is 0 Å². The van der Waals surface area contributed by atoms with Crippen LogP contribution in [0.15, 0.2) is 60.7 Å². The Bertz CT molecular complexity index is 874. The first kappa shape index (κ1) is 16.8. The second kappa shape index (κ2) is 6.17. The van der Waals surface area contributed by atoms with Crippen LogP contribution in [0, 0.1) is 0 Å². The molecule has 4 aliphatic rings. The van der Waals surface area contributed by atoms with E-state index in [0.717, 1.165) is 0 Å². The molecule has 6 rings (SSSR count). The zero-order valence-corrected chi connectivity index (χ0v) is 16.5. The molecule has 0 radical (unpaired) electrons. The van der Waals surface area contributed by atoms with Gasteiger partial charge in [0.15, 0.2) is 0 Å². The van der Waals surface area contributed by atoms with Crippen LogP contribution in [0.4, 0.5) is 0 Å². The van der Waals surface area contributed by atoms with Gasteiger partial charge in [0.25, 0.3) is 0 Å². The highest BCUT2D eigenvalue weighted by atomic mass is 15.6. The molecule has 2 nitrogen and oxygen atoms in total. The quantitative estimate of drug-likeness (QED) is 0.697. The summed E-state index contributed by atoms with van der Waals surface area (Å²) >= 11 is 0. The zero-order chi connectivity index (χ0) is 18.6. The minimum atomic E-state index is 0.289. The number of benzene rings is 2. The van der Waals surface area contributed by atoms with Crippen molar-refractivity contribution >= 4 is 12.2 Å². The maximum atomic E-state index is 2.65. The van der Waals surface area contributed by atoms with Crippen LogP contribution >= 0.6 is 0 Å². The molecule has 0 bridgehead atoms. The molecule has 0 aromatic heterocycles. The second-order valence-corrected chi connectivity index (χ2v) is 9.06. The lowest BCUT2D eigenvalue weighted by molar-refractivity contribution is -0.0696. The van der Waals surface area contributed by atoms with E-state index in [4.69, 9.17) is 0 Å². The van der Waals surface area contributed by atoms with Gasteiger partial charge in [0.05, 0.1) is 0 Å². The standard InChI is InChI=1S/C26H28N2/c1-3-7-23-21(5-1)9-11-25(23)13-17-27(18-14-25)28-19-15-26(16-20-28)12-10-22-6-2-4-8-24(22)26/h1-12H,13-20H2. The Hall–Kier alpha value is -2.16. The summed E-state index contributed by atoms with van der Waals surface area (Å²) in [5.41, 5.74) is 6.55. The first-order chi connectivity index (χ1) is 13.8. The molecule has 142 valence electrons. The van der Waals surface area contributed by atoms with Gasteiger partial charge in [0.1, 0.15) is 0 Å². The number of hydrogen-bond donors (Lipinski definition) is 0. The van der Waals surface area contributed by atoms with Gasteiger partial charge in [0.2, 0.25) is 0 Å². The summed E-state index contributed by atoms with van der Waals surface area (Å²) in [6, 6.07) is 18.0.